The summed E-state index contributed by atoms with van der Waals surface area (Å²) in [5.41, 5.74) is 0.706. The van der Waals surface area contributed by atoms with Crippen LogP contribution in [0.4, 0.5) is 11.4 Å². The molecule has 0 bridgehead atoms. The number of benzene rings is 2. The van der Waals surface area contributed by atoms with Gasteiger partial charge in [-0.15, -0.1) is 11.3 Å². The van der Waals surface area contributed by atoms with Crippen molar-refractivity contribution in [1.29, 1.82) is 0 Å². The minimum atomic E-state index is -0.482. The predicted molar refractivity (Wildman–Crippen MR) is 86.6 cm³/mol. The van der Waals surface area contributed by atoms with Crippen molar-refractivity contribution in [3.8, 4) is 0 Å². The van der Waals surface area contributed by atoms with Crippen LogP contribution in [0.2, 0.25) is 0 Å². The molecule has 0 unspecified atom stereocenters. The summed E-state index contributed by atoms with van der Waals surface area (Å²) < 4.78 is 1.64. The Bertz CT molecular complexity index is 931. The van der Waals surface area contributed by atoms with Crippen molar-refractivity contribution in [2.24, 2.45) is 0 Å². The number of hydrogen-bond acceptors (Lipinski definition) is 5. The maximum atomic E-state index is 12.6. The molecule has 0 radical (unpaired) electrons. The molecule has 3 rings (SSSR count). The van der Waals surface area contributed by atoms with Crippen LogP contribution in [0.3, 0.4) is 0 Å². The lowest BCUT2D eigenvalue weighted by molar-refractivity contribution is -0.384. The van der Waals surface area contributed by atoms with E-state index in [0.29, 0.717) is 10.8 Å². The van der Waals surface area contributed by atoms with Gasteiger partial charge >= 0.3 is 0 Å². The van der Waals surface area contributed by atoms with Crippen molar-refractivity contribution in [1.82, 2.24) is 0 Å². The number of anilines is 1. The van der Waals surface area contributed by atoms with Crippen LogP contribution in [0.15, 0.2) is 41.2 Å². The third-order valence-corrected chi connectivity index (χ3v) is 4.51. The monoisotopic (exact) mass is 300 g/mol. The van der Waals surface area contributed by atoms with Gasteiger partial charge in [0.1, 0.15) is 0 Å². The summed E-state index contributed by atoms with van der Waals surface area (Å²) in [6.07, 6.45) is 0. The predicted octanol–water partition coefficient (Wildman–Crippen LogP) is 3.39. The Labute approximate surface area is 124 Å². The number of nitrogens with zero attached hydrogens (tertiary/aromatic N) is 2. The zero-order valence-corrected chi connectivity index (χ0v) is 12.3. The molecule has 0 fully saturated rings. The Hall–Kier alpha value is -2.47. The first-order valence-electron chi connectivity index (χ1n) is 6.30. The second-order valence-corrected chi connectivity index (χ2v) is 6.03. The molecule has 0 amide bonds. The molecule has 0 atom stereocenters. The highest BCUT2D eigenvalue weighted by Crippen LogP contribution is 2.29. The van der Waals surface area contributed by atoms with Crippen LogP contribution in [0, 0.1) is 10.1 Å². The topological polar surface area (TPSA) is 63.4 Å². The van der Waals surface area contributed by atoms with Crippen LogP contribution >= 0.6 is 11.3 Å². The fourth-order valence-electron chi connectivity index (χ4n) is 2.22. The van der Waals surface area contributed by atoms with Crippen molar-refractivity contribution in [2.75, 3.05) is 19.0 Å². The van der Waals surface area contributed by atoms with E-state index in [0.717, 1.165) is 15.1 Å². The highest BCUT2D eigenvalue weighted by Gasteiger charge is 2.12. The van der Waals surface area contributed by atoms with Gasteiger partial charge in [-0.05, 0) is 24.3 Å². The van der Waals surface area contributed by atoms with Crippen molar-refractivity contribution in [3.05, 3.63) is 56.7 Å². The number of non-ortho nitro benzene ring substituents is 1. The first-order chi connectivity index (χ1) is 9.97. The lowest BCUT2D eigenvalue weighted by atomic mass is 10.1. The molecule has 0 aliphatic rings. The molecule has 0 N–H and O–H groups in total. The van der Waals surface area contributed by atoms with Crippen LogP contribution in [-0.4, -0.2) is 19.0 Å². The molecular formula is C15H12N2O3S. The SMILES string of the molecule is CN(C)c1ccc2sc3ccc([N+](=O)[O-])cc3c(=O)c2c1. The Kier molecular flexibility index (Phi) is 3.10. The van der Waals surface area contributed by atoms with Gasteiger partial charge in [0, 0.05) is 52.1 Å². The average molecular weight is 300 g/mol. The molecule has 0 saturated carbocycles. The Morgan fingerprint density at radius 2 is 1.67 bits per heavy atom. The summed E-state index contributed by atoms with van der Waals surface area (Å²) in [6.45, 7) is 0. The first kappa shape index (κ1) is 13.5. The molecule has 6 heteroatoms. The molecule has 5 nitrogen and oxygen atoms in total. The van der Waals surface area contributed by atoms with Crippen LogP contribution in [0.5, 0.6) is 0 Å². The van der Waals surface area contributed by atoms with E-state index >= 15 is 0 Å². The van der Waals surface area contributed by atoms with E-state index in [9.17, 15) is 14.9 Å². The molecular weight excluding hydrogens is 288 g/mol. The van der Waals surface area contributed by atoms with E-state index in [4.69, 9.17) is 0 Å². The molecule has 1 heterocycles. The van der Waals surface area contributed by atoms with Crippen LogP contribution in [-0.2, 0) is 0 Å². The molecule has 3 aromatic rings. The molecule has 0 saturated heterocycles. The van der Waals surface area contributed by atoms with Gasteiger partial charge in [-0.25, -0.2) is 0 Å². The molecule has 0 aliphatic heterocycles. The van der Waals surface area contributed by atoms with E-state index < -0.39 is 4.92 Å². The number of nitro groups is 1. The third-order valence-electron chi connectivity index (χ3n) is 3.36. The zero-order valence-electron chi connectivity index (χ0n) is 11.5. The van der Waals surface area contributed by atoms with E-state index in [1.807, 2.05) is 37.2 Å². The van der Waals surface area contributed by atoms with E-state index in [1.165, 1.54) is 23.5 Å². The van der Waals surface area contributed by atoms with E-state index in [-0.39, 0.29) is 11.1 Å². The molecule has 0 aliphatic carbocycles. The van der Waals surface area contributed by atoms with Gasteiger partial charge in [-0.1, -0.05) is 0 Å². The first-order valence-corrected chi connectivity index (χ1v) is 7.11. The maximum absolute atomic E-state index is 12.6. The van der Waals surface area contributed by atoms with E-state index in [1.54, 1.807) is 6.07 Å². The van der Waals surface area contributed by atoms with Gasteiger partial charge < -0.3 is 4.90 Å². The van der Waals surface area contributed by atoms with Gasteiger partial charge in [-0.3, -0.25) is 14.9 Å². The Balaban J connectivity index is 2.39. The standard InChI is InChI=1S/C15H12N2O3S/c1-16(2)9-3-5-13-11(7-9)15(18)12-8-10(17(19)20)4-6-14(12)21-13/h3-8H,1-2H3. The largest absolute Gasteiger partial charge is 0.378 e. The molecule has 1 aromatic heterocycles. The van der Waals surface area contributed by atoms with Gasteiger partial charge in [0.2, 0.25) is 0 Å². The zero-order chi connectivity index (χ0) is 15.1. The number of hydrogen-bond donors (Lipinski definition) is 0. The summed E-state index contributed by atoms with van der Waals surface area (Å²) in [4.78, 5) is 24.9. The number of fused-ring (bicyclic) bond motifs is 2. The highest BCUT2D eigenvalue weighted by atomic mass is 32.1. The fraction of sp³-hybridized carbons (Fsp3) is 0.133. The van der Waals surface area contributed by atoms with Crippen LogP contribution < -0.4 is 10.3 Å². The summed E-state index contributed by atoms with van der Waals surface area (Å²) >= 11 is 1.47. The van der Waals surface area contributed by atoms with E-state index in [2.05, 4.69) is 0 Å². The van der Waals surface area contributed by atoms with Crippen LogP contribution in [0.25, 0.3) is 20.2 Å². The van der Waals surface area contributed by atoms with Crippen molar-refractivity contribution in [2.45, 2.75) is 0 Å². The Morgan fingerprint density at radius 1 is 1.05 bits per heavy atom. The van der Waals surface area contributed by atoms with Crippen molar-refractivity contribution in [3.63, 3.8) is 0 Å². The van der Waals surface area contributed by atoms with Gasteiger partial charge in [0.05, 0.1) is 4.92 Å². The van der Waals surface area contributed by atoms with Gasteiger partial charge in [0.25, 0.3) is 5.69 Å². The smallest absolute Gasteiger partial charge is 0.270 e. The molecule has 0 spiro atoms. The lowest BCUT2D eigenvalue weighted by Crippen LogP contribution is -2.09. The Morgan fingerprint density at radius 3 is 2.29 bits per heavy atom. The van der Waals surface area contributed by atoms with Crippen molar-refractivity contribution < 1.29 is 4.92 Å². The normalized spacial score (nSPS) is 11.0. The average Bonchev–Trinajstić information content (AvgIpc) is 2.46. The van der Waals surface area contributed by atoms with Gasteiger partial charge in [-0.2, -0.15) is 0 Å². The summed E-state index contributed by atoms with van der Waals surface area (Å²) in [5.74, 6) is 0. The molecule has 2 aromatic carbocycles. The maximum Gasteiger partial charge on any atom is 0.270 e. The van der Waals surface area contributed by atoms with Crippen LogP contribution in [0.1, 0.15) is 0 Å². The van der Waals surface area contributed by atoms with Gasteiger partial charge in [0.15, 0.2) is 5.43 Å². The minimum absolute atomic E-state index is 0.0603. The number of rotatable bonds is 2. The quantitative estimate of drug-likeness (QED) is 0.413. The fourth-order valence-corrected chi connectivity index (χ4v) is 3.26. The second kappa shape index (κ2) is 4.82. The summed E-state index contributed by atoms with van der Waals surface area (Å²) in [7, 11) is 3.81. The summed E-state index contributed by atoms with van der Waals surface area (Å²) in [5, 5.41) is 11.9. The second-order valence-electron chi connectivity index (χ2n) is 4.94. The number of nitro benzene ring substituents is 1. The molecule has 106 valence electrons. The van der Waals surface area contributed by atoms with Crippen molar-refractivity contribution >= 4 is 42.9 Å². The lowest BCUT2D eigenvalue weighted by Gasteiger charge is -2.12. The summed E-state index contributed by atoms with van der Waals surface area (Å²) in [6, 6.07) is 10.1. The minimum Gasteiger partial charge on any atom is -0.378 e. The molecule has 21 heavy (non-hydrogen) atoms. The highest BCUT2D eigenvalue weighted by molar-refractivity contribution is 7.24. The third kappa shape index (κ3) is 2.23.